The van der Waals surface area contributed by atoms with Gasteiger partial charge < -0.3 is 5.32 Å². The van der Waals surface area contributed by atoms with Crippen LogP contribution in [0.2, 0.25) is 0 Å². The van der Waals surface area contributed by atoms with Crippen LogP contribution in [0.3, 0.4) is 0 Å². The first-order valence-corrected chi connectivity index (χ1v) is 6.83. The molecule has 0 aliphatic heterocycles. The molecule has 2 aromatic rings. The first kappa shape index (κ1) is 12.5. The van der Waals surface area contributed by atoms with Crippen molar-refractivity contribution in [1.29, 1.82) is 0 Å². The van der Waals surface area contributed by atoms with Gasteiger partial charge in [0.25, 0.3) is 0 Å². The largest absolute Gasteiger partial charge is 0.311 e. The highest BCUT2D eigenvalue weighted by Crippen LogP contribution is 2.33. The average molecular weight is 251 g/mol. The molecule has 0 spiro atoms. The molecule has 2 unspecified atom stereocenters. The predicted molar refractivity (Wildman–Crippen MR) is 73.4 cm³/mol. The Hall–Kier alpha value is -0.930. The number of likely N-dealkylation sites (N-methyl/N-ethyl adjacent to an activating group) is 1. The molecule has 0 fully saturated rings. The molecule has 1 nitrogen and oxygen atoms in total. The topological polar surface area (TPSA) is 12.0 Å². The van der Waals surface area contributed by atoms with Gasteiger partial charge in [0.05, 0.1) is 0 Å². The van der Waals surface area contributed by atoms with E-state index in [4.69, 9.17) is 0 Å². The summed E-state index contributed by atoms with van der Waals surface area (Å²) in [4.78, 5) is 0. The average Bonchev–Trinajstić information content (AvgIpc) is 2.76. The van der Waals surface area contributed by atoms with E-state index >= 15 is 0 Å². The van der Waals surface area contributed by atoms with Crippen molar-refractivity contribution in [2.45, 2.75) is 32.5 Å². The van der Waals surface area contributed by atoms with Crippen LogP contribution in [0.15, 0.2) is 29.6 Å². The lowest BCUT2D eigenvalue weighted by Gasteiger charge is -2.28. The summed E-state index contributed by atoms with van der Waals surface area (Å²) in [7, 11) is 0. The van der Waals surface area contributed by atoms with Crippen LogP contribution in [0, 0.1) is 0 Å². The quantitative estimate of drug-likeness (QED) is 0.863. The summed E-state index contributed by atoms with van der Waals surface area (Å²) in [6.07, 6.45) is 0. The minimum atomic E-state index is -1.34. The molecule has 0 radical (unpaired) electrons. The highest BCUT2D eigenvalue weighted by atomic mass is 32.1. The molecule has 0 bridgehead atoms. The second kappa shape index (κ2) is 4.75. The molecule has 0 saturated heterocycles. The van der Waals surface area contributed by atoms with Crippen LogP contribution in [-0.2, 0) is 5.67 Å². The highest BCUT2D eigenvalue weighted by molar-refractivity contribution is 7.17. The third-order valence-corrected chi connectivity index (χ3v) is 4.22. The van der Waals surface area contributed by atoms with Crippen molar-refractivity contribution in [3.63, 3.8) is 0 Å². The lowest BCUT2D eigenvalue weighted by Crippen LogP contribution is -2.41. The third-order valence-electron chi connectivity index (χ3n) is 3.34. The van der Waals surface area contributed by atoms with Crippen molar-refractivity contribution in [1.82, 2.24) is 5.32 Å². The Morgan fingerprint density at radius 3 is 2.88 bits per heavy atom. The van der Waals surface area contributed by atoms with E-state index in [1.165, 1.54) is 5.39 Å². The van der Waals surface area contributed by atoms with E-state index < -0.39 is 5.67 Å². The number of thiophene rings is 1. The number of nitrogens with one attached hydrogen (secondary N) is 1. The molecule has 2 rings (SSSR count). The van der Waals surface area contributed by atoms with Gasteiger partial charge in [-0.2, -0.15) is 0 Å². The fraction of sp³-hybridized carbons (Fsp3) is 0.429. The van der Waals surface area contributed by atoms with Crippen LogP contribution in [0.25, 0.3) is 10.1 Å². The molecular weight excluding hydrogens is 233 g/mol. The molecule has 3 heteroatoms. The highest BCUT2D eigenvalue weighted by Gasteiger charge is 2.32. The predicted octanol–water partition coefficient (Wildman–Crippen LogP) is 4.08. The van der Waals surface area contributed by atoms with Gasteiger partial charge in [-0.1, -0.05) is 19.1 Å². The number of alkyl halides is 1. The first-order chi connectivity index (χ1) is 8.05. The molecule has 17 heavy (non-hydrogen) atoms. The van der Waals surface area contributed by atoms with E-state index in [-0.39, 0.29) is 6.04 Å². The SMILES string of the molecule is CCNC(C)C(C)(F)c1ccc2ccsc2c1. The summed E-state index contributed by atoms with van der Waals surface area (Å²) < 4.78 is 15.9. The number of fused-ring (bicyclic) bond motifs is 1. The van der Waals surface area contributed by atoms with E-state index in [1.807, 2.05) is 37.4 Å². The summed E-state index contributed by atoms with van der Waals surface area (Å²) in [6, 6.07) is 7.73. The zero-order chi connectivity index (χ0) is 12.5. The van der Waals surface area contributed by atoms with E-state index in [0.717, 1.165) is 16.8 Å². The van der Waals surface area contributed by atoms with E-state index in [0.29, 0.717) is 0 Å². The third kappa shape index (κ3) is 2.35. The van der Waals surface area contributed by atoms with Gasteiger partial charge in [-0.15, -0.1) is 11.3 Å². The van der Waals surface area contributed by atoms with Crippen LogP contribution < -0.4 is 5.32 Å². The molecular formula is C14H18FNS. The normalized spacial score (nSPS) is 16.9. The molecule has 1 aromatic heterocycles. The van der Waals surface area contributed by atoms with Crippen molar-refractivity contribution < 1.29 is 4.39 Å². The minimum absolute atomic E-state index is 0.190. The van der Waals surface area contributed by atoms with Gasteiger partial charge in [-0.05, 0) is 48.9 Å². The Balaban J connectivity index is 2.36. The Morgan fingerprint density at radius 1 is 1.41 bits per heavy atom. The van der Waals surface area contributed by atoms with Gasteiger partial charge in [0.2, 0.25) is 0 Å². The second-order valence-electron chi connectivity index (χ2n) is 4.53. The lowest BCUT2D eigenvalue weighted by molar-refractivity contribution is 0.137. The Kier molecular flexibility index (Phi) is 3.50. The van der Waals surface area contributed by atoms with Crippen LogP contribution in [0.1, 0.15) is 26.3 Å². The number of benzene rings is 1. The van der Waals surface area contributed by atoms with Gasteiger partial charge in [0.15, 0.2) is 0 Å². The molecule has 0 saturated carbocycles. The second-order valence-corrected chi connectivity index (χ2v) is 5.48. The summed E-state index contributed by atoms with van der Waals surface area (Å²) >= 11 is 1.66. The molecule has 2 atom stereocenters. The van der Waals surface area contributed by atoms with Crippen LogP contribution >= 0.6 is 11.3 Å². The van der Waals surface area contributed by atoms with Crippen molar-refractivity contribution in [2.75, 3.05) is 6.54 Å². The maximum Gasteiger partial charge on any atom is 0.148 e. The van der Waals surface area contributed by atoms with Crippen molar-refractivity contribution in [3.05, 3.63) is 35.2 Å². The van der Waals surface area contributed by atoms with E-state index in [2.05, 4.69) is 11.4 Å². The van der Waals surface area contributed by atoms with Gasteiger partial charge in [-0.3, -0.25) is 0 Å². The van der Waals surface area contributed by atoms with Crippen molar-refractivity contribution in [3.8, 4) is 0 Å². The molecule has 0 aliphatic rings. The molecule has 0 aliphatic carbocycles. The Labute approximate surface area is 106 Å². The zero-order valence-corrected chi connectivity index (χ0v) is 11.3. The number of hydrogen-bond donors (Lipinski definition) is 1. The number of halogens is 1. The zero-order valence-electron chi connectivity index (χ0n) is 10.5. The van der Waals surface area contributed by atoms with Crippen LogP contribution in [0.4, 0.5) is 4.39 Å². The monoisotopic (exact) mass is 251 g/mol. The number of hydrogen-bond acceptors (Lipinski definition) is 2. The van der Waals surface area contributed by atoms with Gasteiger partial charge >= 0.3 is 0 Å². The van der Waals surface area contributed by atoms with Crippen molar-refractivity contribution >= 4 is 21.4 Å². The standard InChI is InChI=1S/C14H18FNS/c1-4-16-10(2)14(3,15)12-6-5-11-7-8-17-13(11)9-12/h5-10,16H,4H2,1-3H3. The van der Waals surface area contributed by atoms with E-state index in [1.54, 1.807) is 18.3 Å². The molecule has 1 N–H and O–H groups in total. The Bertz CT molecular complexity index is 504. The van der Waals surface area contributed by atoms with Gasteiger partial charge in [0.1, 0.15) is 5.67 Å². The summed E-state index contributed by atoms with van der Waals surface area (Å²) in [6.45, 7) is 6.31. The minimum Gasteiger partial charge on any atom is -0.311 e. The van der Waals surface area contributed by atoms with Crippen LogP contribution in [0.5, 0.6) is 0 Å². The van der Waals surface area contributed by atoms with Gasteiger partial charge in [-0.25, -0.2) is 4.39 Å². The molecule has 1 aromatic carbocycles. The summed E-state index contributed by atoms with van der Waals surface area (Å²) in [5.74, 6) is 0. The summed E-state index contributed by atoms with van der Waals surface area (Å²) in [5, 5.41) is 6.38. The maximum absolute atomic E-state index is 14.8. The number of rotatable bonds is 4. The fourth-order valence-corrected chi connectivity index (χ4v) is 2.84. The molecule has 1 heterocycles. The van der Waals surface area contributed by atoms with Crippen molar-refractivity contribution in [2.24, 2.45) is 0 Å². The maximum atomic E-state index is 14.8. The molecule has 92 valence electrons. The van der Waals surface area contributed by atoms with Crippen LogP contribution in [-0.4, -0.2) is 12.6 Å². The fourth-order valence-electron chi connectivity index (χ4n) is 2.01. The van der Waals surface area contributed by atoms with Gasteiger partial charge in [0, 0.05) is 10.7 Å². The first-order valence-electron chi connectivity index (χ1n) is 5.95. The summed E-state index contributed by atoms with van der Waals surface area (Å²) in [5.41, 5.74) is -0.588. The van der Waals surface area contributed by atoms with E-state index in [9.17, 15) is 4.39 Å². The Morgan fingerprint density at radius 2 is 2.18 bits per heavy atom. The lowest BCUT2D eigenvalue weighted by atomic mass is 9.90. The smallest absolute Gasteiger partial charge is 0.148 e. The molecule has 0 amide bonds.